The number of nitrogens with two attached hydrogens (primary N) is 1. The zero-order valence-corrected chi connectivity index (χ0v) is 30.0. The van der Waals surface area contributed by atoms with Crippen molar-refractivity contribution in [1.29, 1.82) is 0 Å². The van der Waals surface area contributed by atoms with Crippen molar-refractivity contribution in [3.8, 4) is 11.3 Å². The van der Waals surface area contributed by atoms with E-state index < -0.39 is 21.7 Å². The lowest BCUT2D eigenvalue weighted by Gasteiger charge is -2.33. The van der Waals surface area contributed by atoms with Crippen LogP contribution in [0.5, 0.6) is 0 Å². The maximum absolute atomic E-state index is 15.4. The number of nitrogens with zero attached hydrogens (tertiary/aromatic N) is 2. The summed E-state index contributed by atoms with van der Waals surface area (Å²) in [7, 11) is -3.82. The van der Waals surface area contributed by atoms with Crippen LogP contribution in [-0.2, 0) is 21.4 Å². The number of piperidine rings is 1. The van der Waals surface area contributed by atoms with Crippen LogP contribution in [0.2, 0.25) is 10.0 Å². The summed E-state index contributed by atoms with van der Waals surface area (Å²) in [5.74, 6) is -0.164. The van der Waals surface area contributed by atoms with E-state index in [2.05, 4.69) is 9.88 Å². The van der Waals surface area contributed by atoms with Crippen molar-refractivity contribution < 1.29 is 26.9 Å². The monoisotopic (exact) mass is 734 g/mol. The Bertz CT molecular complexity index is 1710. The molecule has 0 radical (unpaired) electrons. The van der Waals surface area contributed by atoms with Gasteiger partial charge < -0.3 is 19.9 Å². The van der Waals surface area contributed by atoms with Crippen LogP contribution in [0.15, 0.2) is 40.9 Å². The van der Waals surface area contributed by atoms with E-state index in [0.717, 1.165) is 94.6 Å². The summed E-state index contributed by atoms with van der Waals surface area (Å²) in [6.07, 6.45) is 11.3. The largest absolute Gasteiger partial charge is 0.373 e. The van der Waals surface area contributed by atoms with Gasteiger partial charge in [0.1, 0.15) is 17.3 Å². The summed E-state index contributed by atoms with van der Waals surface area (Å²) in [5.41, 5.74) is 8.02. The van der Waals surface area contributed by atoms with Gasteiger partial charge in [-0.2, -0.15) is 0 Å². The van der Waals surface area contributed by atoms with Gasteiger partial charge in [-0.15, -0.1) is 0 Å². The second-order valence-corrected chi connectivity index (χ2v) is 16.3. The average Bonchev–Trinajstić information content (AvgIpc) is 3.52. The molecule has 3 aromatic rings. The first-order valence-corrected chi connectivity index (χ1v) is 19.9. The fraction of sp³-hybridized carbons (Fsp3) is 0.556. The molecule has 1 aromatic heterocycles. The highest BCUT2D eigenvalue weighted by molar-refractivity contribution is 7.90. The van der Waals surface area contributed by atoms with Crippen molar-refractivity contribution in [3.05, 3.63) is 69.1 Å². The number of hydrogen-bond donors (Lipinski definition) is 2. The standard InChI is InChI=1S/C36H45Cl2FN4O5S/c37-28-10-9-11-29(38)33(28)34-27(35(48-41-34)23-12-13-23)22-47-32-20-26-18-25(32)21-43(26)31-15-14-24(19-30(31)39)36(44)42-49(45,46)17-8-6-4-2-1-3-5-7-16-40/h9-11,14-15,19,23,25-26,32H,1-8,12-13,16-18,20-22,40H2,(H,42,44)/t25-,26-,32+/m0/s1. The number of nitrogens with one attached hydrogen (secondary N) is 1. The molecule has 9 nitrogen and oxygen atoms in total. The summed E-state index contributed by atoms with van der Waals surface area (Å²) in [4.78, 5) is 14.8. The number of sulfonamides is 1. The number of halogens is 3. The third kappa shape index (κ3) is 8.79. The minimum absolute atomic E-state index is 0.0163. The minimum atomic E-state index is -3.82. The normalized spacial score (nSPS) is 20.3. The van der Waals surface area contributed by atoms with Crippen molar-refractivity contribution in [2.75, 3.05) is 23.7 Å². The van der Waals surface area contributed by atoms with E-state index in [1.165, 1.54) is 6.07 Å². The van der Waals surface area contributed by atoms with E-state index >= 15 is 4.39 Å². The second kappa shape index (κ2) is 16.1. The molecule has 0 unspecified atom stereocenters. The number of aromatic nitrogens is 1. The average molecular weight is 736 g/mol. The number of anilines is 1. The van der Waals surface area contributed by atoms with Crippen molar-refractivity contribution >= 4 is 44.8 Å². The van der Waals surface area contributed by atoms with Gasteiger partial charge in [-0.1, -0.05) is 72.9 Å². The Labute approximate surface area is 298 Å². The lowest BCUT2D eigenvalue weighted by atomic mass is 10.0. The van der Waals surface area contributed by atoms with Crippen LogP contribution in [0.3, 0.4) is 0 Å². The lowest BCUT2D eigenvalue weighted by molar-refractivity contribution is 0.0122. The first-order chi connectivity index (χ1) is 23.6. The van der Waals surface area contributed by atoms with E-state index in [9.17, 15) is 13.2 Å². The quantitative estimate of drug-likeness (QED) is 0.126. The third-order valence-electron chi connectivity index (χ3n) is 10.0. The molecule has 1 amide bonds. The summed E-state index contributed by atoms with van der Waals surface area (Å²) in [5, 5.41) is 5.35. The third-order valence-corrected chi connectivity index (χ3v) is 12.0. The number of rotatable bonds is 18. The number of hydrogen-bond acceptors (Lipinski definition) is 8. The van der Waals surface area contributed by atoms with Gasteiger partial charge in [0.25, 0.3) is 5.91 Å². The Morgan fingerprint density at radius 3 is 2.35 bits per heavy atom. The highest BCUT2D eigenvalue weighted by atomic mass is 35.5. The predicted octanol–water partition coefficient (Wildman–Crippen LogP) is 7.99. The Balaban J connectivity index is 1.00. The van der Waals surface area contributed by atoms with Crippen LogP contribution in [0.25, 0.3) is 11.3 Å². The number of benzene rings is 2. The smallest absolute Gasteiger partial charge is 0.264 e. The maximum atomic E-state index is 15.4. The molecule has 2 aromatic carbocycles. The summed E-state index contributed by atoms with van der Waals surface area (Å²) < 4.78 is 54.9. The molecule has 266 valence electrons. The Kier molecular flexibility index (Phi) is 11.9. The summed E-state index contributed by atoms with van der Waals surface area (Å²) in [6, 6.07) is 9.61. The molecular weight excluding hydrogens is 690 g/mol. The van der Waals surface area contributed by atoms with Crippen molar-refractivity contribution in [3.63, 3.8) is 0 Å². The lowest BCUT2D eigenvalue weighted by Crippen LogP contribution is -2.39. The van der Waals surface area contributed by atoms with Crippen molar-refractivity contribution in [1.82, 2.24) is 9.88 Å². The number of amides is 1. The van der Waals surface area contributed by atoms with E-state index in [0.29, 0.717) is 52.5 Å². The summed E-state index contributed by atoms with van der Waals surface area (Å²) >= 11 is 13.0. The molecule has 1 saturated heterocycles. The van der Waals surface area contributed by atoms with Crippen LogP contribution in [0.4, 0.5) is 10.1 Å². The van der Waals surface area contributed by atoms with Gasteiger partial charge in [-0.25, -0.2) is 17.5 Å². The first-order valence-electron chi connectivity index (χ1n) is 17.5. The fourth-order valence-corrected chi connectivity index (χ4v) is 8.94. The Morgan fingerprint density at radius 2 is 1.71 bits per heavy atom. The van der Waals surface area contributed by atoms with Gasteiger partial charge in [0.15, 0.2) is 0 Å². The number of carbonyl (C=O) groups excluding carboxylic acids is 1. The fourth-order valence-electron chi connectivity index (χ4n) is 7.27. The zero-order chi connectivity index (χ0) is 34.5. The zero-order valence-electron chi connectivity index (χ0n) is 27.6. The van der Waals surface area contributed by atoms with Gasteiger partial charge in [-0.3, -0.25) is 4.79 Å². The molecule has 3 fully saturated rings. The second-order valence-electron chi connectivity index (χ2n) is 13.7. The molecule has 13 heteroatoms. The molecule has 3 aliphatic rings. The van der Waals surface area contributed by atoms with Gasteiger partial charge in [0.2, 0.25) is 10.0 Å². The SMILES string of the molecule is NCCCCCCCCCCS(=O)(=O)NC(=O)c1ccc(N2C[C@@H]3C[C@H]2C[C@H]3OCc2c(-c3c(Cl)cccc3Cl)noc2C2CC2)c(F)c1. The topological polar surface area (TPSA) is 128 Å². The molecule has 0 spiro atoms. The van der Waals surface area contributed by atoms with Crippen LogP contribution in [0.1, 0.15) is 105 Å². The Hall–Kier alpha value is -2.70. The molecule has 6 rings (SSSR count). The number of fused-ring (bicyclic) bond motifs is 2. The maximum Gasteiger partial charge on any atom is 0.264 e. The molecule has 2 bridgehead atoms. The van der Waals surface area contributed by atoms with Crippen LogP contribution >= 0.6 is 23.2 Å². The molecular formula is C36H45Cl2FN4O5S. The van der Waals surface area contributed by atoms with E-state index in [-0.39, 0.29) is 29.4 Å². The highest BCUT2D eigenvalue weighted by Gasteiger charge is 2.46. The van der Waals surface area contributed by atoms with Gasteiger partial charge >= 0.3 is 0 Å². The van der Waals surface area contributed by atoms with Gasteiger partial charge in [0.05, 0.1) is 34.2 Å². The van der Waals surface area contributed by atoms with Gasteiger partial charge in [-0.05, 0) is 75.4 Å². The highest BCUT2D eigenvalue weighted by Crippen LogP contribution is 2.47. The van der Waals surface area contributed by atoms with E-state index in [1.54, 1.807) is 24.3 Å². The molecule has 3 atom stereocenters. The van der Waals surface area contributed by atoms with Crippen LogP contribution in [0, 0.1) is 11.7 Å². The number of ether oxygens (including phenoxy) is 1. The molecule has 3 N–H and O–H groups in total. The first kappa shape index (κ1) is 36.1. The van der Waals surface area contributed by atoms with E-state index in [1.807, 2.05) is 4.90 Å². The minimum Gasteiger partial charge on any atom is -0.373 e. The molecule has 2 heterocycles. The number of carbonyl (C=O) groups is 1. The molecule has 2 saturated carbocycles. The van der Waals surface area contributed by atoms with Crippen molar-refractivity contribution in [2.45, 2.75) is 102 Å². The number of unbranched alkanes of at least 4 members (excludes halogenated alkanes) is 7. The summed E-state index contributed by atoms with van der Waals surface area (Å²) in [6.45, 7) is 1.65. The Morgan fingerprint density at radius 1 is 1.02 bits per heavy atom. The molecule has 1 aliphatic heterocycles. The van der Waals surface area contributed by atoms with Gasteiger partial charge in [0, 0.05) is 41.1 Å². The van der Waals surface area contributed by atoms with Crippen molar-refractivity contribution in [2.24, 2.45) is 11.7 Å². The molecule has 2 aliphatic carbocycles. The van der Waals surface area contributed by atoms with E-state index in [4.69, 9.17) is 38.2 Å². The predicted molar refractivity (Wildman–Crippen MR) is 190 cm³/mol. The van der Waals surface area contributed by atoms with Crippen LogP contribution < -0.4 is 15.4 Å². The molecule has 49 heavy (non-hydrogen) atoms. The van der Waals surface area contributed by atoms with Crippen LogP contribution in [-0.4, -0.2) is 50.5 Å².